The second kappa shape index (κ2) is 7.69. The minimum atomic E-state index is -3.35. The fraction of sp³-hybridized carbons (Fsp3) is 0.714. The second-order valence-corrected chi connectivity index (χ2v) is 8.76. The Bertz CT molecular complexity index is 534. The SMILES string of the molecule is CCNCc1ccc(S(=O)(=O)NCC2CCN(C)CC2)s1. The third kappa shape index (κ3) is 5.03. The molecule has 0 aromatic carbocycles. The Hall–Kier alpha value is -0.470. The van der Waals surface area contributed by atoms with Crippen molar-refractivity contribution in [3.8, 4) is 0 Å². The minimum absolute atomic E-state index is 0.420. The summed E-state index contributed by atoms with van der Waals surface area (Å²) in [7, 11) is -1.24. The molecule has 2 rings (SSSR count). The highest BCUT2D eigenvalue weighted by atomic mass is 32.2. The predicted octanol–water partition coefficient (Wildman–Crippen LogP) is 1.48. The van der Waals surface area contributed by atoms with Gasteiger partial charge in [0.2, 0.25) is 10.0 Å². The van der Waals surface area contributed by atoms with Crippen LogP contribution in [0.4, 0.5) is 0 Å². The number of hydrogen-bond donors (Lipinski definition) is 2. The first-order valence-corrected chi connectivity index (χ1v) is 9.79. The van der Waals surface area contributed by atoms with Gasteiger partial charge < -0.3 is 10.2 Å². The van der Waals surface area contributed by atoms with E-state index in [1.54, 1.807) is 6.07 Å². The van der Waals surface area contributed by atoms with E-state index in [1.165, 1.54) is 11.3 Å². The van der Waals surface area contributed by atoms with Gasteiger partial charge in [-0.2, -0.15) is 0 Å². The first-order valence-electron chi connectivity index (χ1n) is 7.49. The maximum Gasteiger partial charge on any atom is 0.250 e. The summed E-state index contributed by atoms with van der Waals surface area (Å²) in [5, 5.41) is 3.21. The maximum absolute atomic E-state index is 12.3. The highest BCUT2D eigenvalue weighted by molar-refractivity contribution is 7.91. The molecule has 21 heavy (non-hydrogen) atoms. The molecular formula is C14H25N3O2S2. The number of rotatable bonds is 7. The molecule has 2 heterocycles. The molecule has 1 fully saturated rings. The Labute approximate surface area is 131 Å². The molecule has 120 valence electrons. The first-order chi connectivity index (χ1) is 10.0. The van der Waals surface area contributed by atoms with E-state index in [1.807, 2.05) is 13.0 Å². The van der Waals surface area contributed by atoms with E-state index >= 15 is 0 Å². The zero-order valence-corrected chi connectivity index (χ0v) is 14.4. The molecule has 1 aliphatic rings. The van der Waals surface area contributed by atoms with E-state index in [0.29, 0.717) is 16.7 Å². The molecule has 0 amide bonds. The van der Waals surface area contributed by atoms with Crippen LogP contribution in [-0.2, 0) is 16.6 Å². The van der Waals surface area contributed by atoms with Gasteiger partial charge in [-0.15, -0.1) is 11.3 Å². The normalized spacial score (nSPS) is 18.2. The van der Waals surface area contributed by atoms with Gasteiger partial charge in [-0.3, -0.25) is 0 Å². The average molecular weight is 332 g/mol. The number of nitrogens with one attached hydrogen (secondary N) is 2. The Morgan fingerprint density at radius 3 is 2.71 bits per heavy atom. The summed E-state index contributed by atoms with van der Waals surface area (Å²) in [6, 6.07) is 3.59. The third-order valence-corrected chi connectivity index (χ3v) is 6.85. The van der Waals surface area contributed by atoms with Crippen LogP contribution in [0.3, 0.4) is 0 Å². The van der Waals surface area contributed by atoms with Crippen LogP contribution in [0.2, 0.25) is 0 Å². The monoisotopic (exact) mass is 331 g/mol. The molecule has 5 nitrogen and oxygen atoms in total. The van der Waals surface area contributed by atoms with E-state index in [-0.39, 0.29) is 0 Å². The number of piperidine rings is 1. The zero-order chi connectivity index (χ0) is 15.3. The van der Waals surface area contributed by atoms with Crippen molar-refractivity contribution in [3.63, 3.8) is 0 Å². The van der Waals surface area contributed by atoms with E-state index < -0.39 is 10.0 Å². The van der Waals surface area contributed by atoms with Gasteiger partial charge in [-0.25, -0.2) is 13.1 Å². The maximum atomic E-state index is 12.3. The summed E-state index contributed by atoms with van der Waals surface area (Å²) in [4.78, 5) is 3.34. The van der Waals surface area contributed by atoms with Crippen LogP contribution < -0.4 is 10.0 Å². The fourth-order valence-corrected chi connectivity index (χ4v) is 4.90. The first kappa shape index (κ1) is 16.9. The van der Waals surface area contributed by atoms with Gasteiger partial charge in [-0.05, 0) is 57.6 Å². The Morgan fingerprint density at radius 2 is 2.05 bits per heavy atom. The Balaban J connectivity index is 1.87. The summed E-state index contributed by atoms with van der Waals surface area (Å²) in [6.45, 7) is 6.31. The Morgan fingerprint density at radius 1 is 1.33 bits per heavy atom. The molecular weight excluding hydrogens is 306 g/mol. The lowest BCUT2D eigenvalue weighted by Gasteiger charge is -2.28. The van der Waals surface area contributed by atoms with Crippen molar-refractivity contribution in [2.75, 3.05) is 33.2 Å². The molecule has 7 heteroatoms. The van der Waals surface area contributed by atoms with Crippen molar-refractivity contribution in [2.24, 2.45) is 5.92 Å². The highest BCUT2D eigenvalue weighted by Crippen LogP contribution is 2.22. The molecule has 0 aliphatic carbocycles. The largest absolute Gasteiger partial charge is 0.312 e. The van der Waals surface area contributed by atoms with Gasteiger partial charge >= 0.3 is 0 Å². The van der Waals surface area contributed by atoms with Crippen LogP contribution in [0.25, 0.3) is 0 Å². The standard InChI is InChI=1S/C14H25N3O2S2/c1-3-15-11-13-4-5-14(20-13)21(18,19)16-10-12-6-8-17(2)9-7-12/h4-5,12,15-16H,3,6-11H2,1-2H3. The molecule has 0 radical (unpaired) electrons. The van der Waals surface area contributed by atoms with Crippen LogP contribution in [0, 0.1) is 5.92 Å². The molecule has 0 saturated carbocycles. The van der Waals surface area contributed by atoms with Crippen LogP contribution in [0.1, 0.15) is 24.6 Å². The van der Waals surface area contributed by atoms with E-state index in [0.717, 1.165) is 43.9 Å². The van der Waals surface area contributed by atoms with Gasteiger partial charge in [0.1, 0.15) is 4.21 Å². The van der Waals surface area contributed by atoms with Crippen LogP contribution in [-0.4, -0.2) is 46.5 Å². The van der Waals surface area contributed by atoms with Crippen LogP contribution >= 0.6 is 11.3 Å². The topological polar surface area (TPSA) is 61.4 Å². The summed E-state index contributed by atoms with van der Waals surface area (Å²) >= 11 is 1.35. The Kier molecular flexibility index (Phi) is 6.19. The smallest absolute Gasteiger partial charge is 0.250 e. The summed E-state index contributed by atoms with van der Waals surface area (Å²) < 4.78 is 27.8. The molecule has 0 atom stereocenters. The second-order valence-electron chi connectivity index (χ2n) is 5.60. The van der Waals surface area contributed by atoms with E-state index in [4.69, 9.17) is 0 Å². The van der Waals surface area contributed by atoms with Crippen molar-refractivity contribution >= 4 is 21.4 Å². The van der Waals surface area contributed by atoms with Gasteiger partial charge in [0, 0.05) is 18.0 Å². The lowest BCUT2D eigenvalue weighted by Crippen LogP contribution is -2.36. The lowest BCUT2D eigenvalue weighted by atomic mass is 9.98. The van der Waals surface area contributed by atoms with Crippen molar-refractivity contribution in [3.05, 3.63) is 17.0 Å². The fourth-order valence-electron chi connectivity index (χ4n) is 2.41. The van der Waals surface area contributed by atoms with Crippen molar-refractivity contribution in [2.45, 2.75) is 30.5 Å². The molecule has 1 aromatic heterocycles. The number of likely N-dealkylation sites (tertiary alicyclic amines) is 1. The molecule has 0 spiro atoms. The molecule has 0 unspecified atom stereocenters. The number of hydrogen-bond acceptors (Lipinski definition) is 5. The average Bonchev–Trinajstić information content (AvgIpc) is 2.94. The van der Waals surface area contributed by atoms with E-state index in [9.17, 15) is 8.42 Å². The molecule has 1 saturated heterocycles. The van der Waals surface area contributed by atoms with Gasteiger partial charge in [-0.1, -0.05) is 6.92 Å². The van der Waals surface area contributed by atoms with Gasteiger partial charge in [0.25, 0.3) is 0 Å². The van der Waals surface area contributed by atoms with Crippen LogP contribution in [0.5, 0.6) is 0 Å². The summed E-state index contributed by atoms with van der Waals surface area (Å²) in [5.41, 5.74) is 0. The van der Waals surface area contributed by atoms with Gasteiger partial charge in [0.05, 0.1) is 0 Å². The number of thiophene rings is 1. The van der Waals surface area contributed by atoms with E-state index in [2.05, 4.69) is 22.0 Å². The van der Waals surface area contributed by atoms with Crippen molar-refractivity contribution in [1.82, 2.24) is 14.9 Å². The lowest BCUT2D eigenvalue weighted by molar-refractivity contribution is 0.220. The summed E-state index contributed by atoms with van der Waals surface area (Å²) in [6.07, 6.45) is 2.13. The molecule has 0 bridgehead atoms. The highest BCUT2D eigenvalue weighted by Gasteiger charge is 2.21. The number of sulfonamides is 1. The van der Waals surface area contributed by atoms with Gasteiger partial charge in [0.15, 0.2) is 0 Å². The summed E-state index contributed by atoms with van der Waals surface area (Å²) in [5.74, 6) is 0.456. The third-order valence-electron chi connectivity index (χ3n) is 3.85. The quantitative estimate of drug-likeness (QED) is 0.794. The van der Waals surface area contributed by atoms with Crippen molar-refractivity contribution < 1.29 is 8.42 Å². The van der Waals surface area contributed by atoms with Crippen molar-refractivity contribution in [1.29, 1.82) is 0 Å². The van der Waals surface area contributed by atoms with Crippen LogP contribution in [0.15, 0.2) is 16.3 Å². The minimum Gasteiger partial charge on any atom is -0.312 e. The predicted molar refractivity (Wildman–Crippen MR) is 87.1 cm³/mol. The zero-order valence-electron chi connectivity index (χ0n) is 12.8. The molecule has 2 N–H and O–H groups in total. The molecule has 1 aromatic rings. The number of nitrogens with zero attached hydrogens (tertiary/aromatic N) is 1. The molecule has 1 aliphatic heterocycles.